The van der Waals surface area contributed by atoms with Crippen LogP contribution in [0.15, 0.2) is 18.2 Å². The predicted octanol–water partition coefficient (Wildman–Crippen LogP) is 6.67. The van der Waals surface area contributed by atoms with Gasteiger partial charge in [-0.3, -0.25) is 0 Å². The van der Waals surface area contributed by atoms with E-state index in [1.807, 2.05) is 12.1 Å². The van der Waals surface area contributed by atoms with Gasteiger partial charge < -0.3 is 9.84 Å². The lowest BCUT2D eigenvalue weighted by molar-refractivity contribution is 0.0494. The van der Waals surface area contributed by atoms with Gasteiger partial charge in [0.15, 0.2) is 0 Å². The van der Waals surface area contributed by atoms with Crippen LogP contribution in [0, 0.1) is 5.92 Å². The normalized spacial score (nSPS) is 12.1. The molecule has 0 amide bonds. The number of hydrogen-bond donors (Lipinski definition) is 1. The monoisotopic (exact) mass is 362 g/mol. The Labute approximate surface area is 160 Å². The Balaban J connectivity index is 2.52. The number of esters is 1. The number of aromatic hydroxyl groups is 1. The minimum Gasteiger partial charge on any atom is -0.507 e. The molecule has 0 bridgehead atoms. The van der Waals surface area contributed by atoms with Crippen LogP contribution in [0.2, 0.25) is 0 Å². The Morgan fingerprint density at radius 2 is 1.69 bits per heavy atom. The minimum atomic E-state index is -0.403. The first-order valence-corrected chi connectivity index (χ1v) is 10.6. The largest absolute Gasteiger partial charge is 0.507 e. The zero-order valence-corrected chi connectivity index (χ0v) is 17.1. The topological polar surface area (TPSA) is 46.5 Å². The summed E-state index contributed by atoms with van der Waals surface area (Å²) in [7, 11) is 0. The van der Waals surface area contributed by atoms with Crippen molar-refractivity contribution in [3.63, 3.8) is 0 Å². The molecule has 0 fully saturated rings. The van der Waals surface area contributed by atoms with Crippen LogP contribution in [-0.2, 0) is 11.2 Å². The lowest BCUT2D eigenvalue weighted by atomic mass is 9.91. The van der Waals surface area contributed by atoms with Crippen LogP contribution >= 0.6 is 0 Å². The van der Waals surface area contributed by atoms with E-state index in [2.05, 4.69) is 20.8 Å². The molecule has 0 spiro atoms. The van der Waals surface area contributed by atoms with Crippen molar-refractivity contribution in [1.82, 2.24) is 0 Å². The average molecular weight is 363 g/mol. The van der Waals surface area contributed by atoms with E-state index in [1.54, 1.807) is 6.07 Å². The molecule has 1 aromatic carbocycles. The van der Waals surface area contributed by atoms with Crippen LogP contribution < -0.4 is 0 Å². The van der Waals surface area contributed by atoms with E-state index in [-0.39, 0.29) is 5.75 Å². The van der Waals surface area contributed by atoms with E-state index in [0.717, 1.165) is 31.2 Å². The predicted molar refractivity (Wildman–Crippen MR) is 109 cm³/mol. The summed E-state index contributed by atoms with van der Waals surface area (Å²) in [6.07, 6.45) is 12.4. The summed E-state index contributed by atoms with van der Waals surface area (Å²) in [6.45, 7) is 7.03. The molecule has 0 aromatic heterocycles. The molecule has 1 aromatic rings. The highest BCUT2D eigenvalue weighted by molar-refractivity contribution is 5.92. The highest BCUT2D eigenvalue weighted by Gasteiger charge is 2.17. The van der Waals surface area contributed by atoms with E-state index in [0.29, 0.717) is 18.1 Å². The summed E-state index contributed by atoms with van der Waals surface area (Å²) < 4.78 is 5.37. The maximum absolute atomic E-state index is 12.3. The summed E-state index contributed by atoms with van der Waals surface area (Å²) in [4.78, 5) is 12.3. The van der Waals surface area contributed by atoms with E-state index >= 15 is 0 Å². The molecule has 0 saturated carbocycles. The zero-order valence-electron chi connectivity index (χ0n) is 17.1. The van der Waals surface area contributed by atoms with Crippen molar-refractivity contribution in [2.24, 2.45) is 5.92 Å². The Hall–Kier alpha value is -1.51. The van der Waals surface area contributed by atoms with E-state index in [9.17, 15) is 9.90 Å². The molecule has 1 N–H and O–H groups in total. The third-order valence-corrected chi connectivity index (χ3v) is 5.12. The highest BCUT2D eigenvalue weighted by atomic mass is 16.5. The van der Waals surface area contributed by atoms with Crippen molar-refractivity contribution in [2.75, 3.05) is 6.61 Å². The molecule has 1 atom stereocenters. The van der Waals surface area contributed by atoms with Gasteiger partial charge in [-0.05, 0) is 30.4 Å². The maximum atomic E-state index is 12.3. The minimum absolute atomic E-state index is 0.107. The fourth-order valence-electron chi connectivity index (χ4n) is 3.30. The van der Waals surface area contributed by atoms with Crippen LogP contribution in [0.5, 0.6) is 5.75 Å². The smallest absolute Gasteiger partial charge is 0.341 e. The van der Waals surface area contributed by atoms with Gasteiger partial charge in [0.1, 0.15) is 11.3 Å². The van der Waals surface area contributed by atoms with Gasteiger partial charge in [0, 0.05) is 0 Å². The SMILES string of the molecule is CCCCCCCCOC(=O)c1cccc(CC(CC)CCCC)c1O. The van der Waals surface area contributed by atoms with Gasteiger partial charge >= 0.3 is 5.97 Å². The van der Waals surface area contributed by atoms with E-state index in [4.69, 9.17) is 4.74 Å². The van der Waals surface area contributed by atoms with E-state index in [1.165, 1.54) is 44.9 Å². The average Bonchev–Trinajstić information content (AvgIpc) is 2.65. The number of carbonyl (C=O) groups excluding carboxylic acids is 1. The summed E-state index contributed by atoms with van der Waals surface area (Å²) >= 11 is 0. The quantitative estimate of drug-likeness (QED) is 0.297. The summed E-state index contributed by atoms with van der Waals surface area (Å²) in [5.74, 6) is 0.255. The second-order valence-electron chi connectivity index (χ2n) is 7.34. The number of rotatable bonds is 14. The lowest BCUT2D eigenvalue weighted by Gasteiger charge is -2.16. The van der Waals surface area contributed by atoms with Crippen LogP contribution in [0.4, 0.5) is 0 Å². The van der Waals surface area contributed by atoms with Gasteiger partial charge in [-0.2, -0.15) is 0 Å². The van der Waals surface area contributed by atoms with Gasteiger partial charge in [-0.25, -0.2) is 4.79 Å². The van der Waals surface area contributed by atoms with Gasteiger partial charge in [0.25, 0.3) is 0 Å². The molecule has 26 heavy (non-hydrogen) atoms. The molecular weight excluding hydrogens is 324 g/mol. The van der Waals surface area contributed by atoms with Gasteiger partial charge in [-0.1, -0.05) is 90.7 Å². The number of unbranched alkanes of at least 4 members (excludes halogenated alkanes) is 6. The van der Waals surface area contributed by atoms with Crippen molar-refractivity contribution in [3.8, 4) is 5.75 Å². The van der Waals surface area contributed by atoms with E-state index < -0.39 is 5.97 Å². The van der Waals surface area contributed by atoms with Crippen molar-refractivity contribution < 1.29 is 14.6 Å². The first-order valence-electron chi connectivity index (χ1n) is 10.6. The molecular formula is C23H38O3. The van der Waals surface area contributed by atoms with Crippen LogP contribution in [0.25, 0.3) is 0 Å². The molecule has 1 rings (SSSR count). The Morgan fingerprint density at radius 1 is 1.00 bits per heavy atom. The van der Waals surface area contributed by atoms with Crippen LogP contribution in [0.3, 0.4) is 0 Å². The fraction of sp³-hybridized carbons (Fsp3) is 0.696. The number of benzene rings is 1. The van der Waals surface area contributed by atoms with Gasteiger partial charge in [-0.15, -0.1) is 0 Å². The van der Waals surface area contributed by atoms with Crippen LogP contribution in [-0.4, -0.2) is 17.7 Å². The molecule has 1 unspecified atom stereocenters. The molecule has 3 heteroatoms. The third kappa shape index (κ3) is 8.25. The molecule has 0 aliphatic carbocycles. The summed E-state index contributed by atoms with van der Waals surface area (Å²) in [6, 6.07) is 5.44. The number of phenols is 1. The fourth-order valence-corrected chi connectivity index (χ4v) is 3.30. The van der Waals surface area contributed by atoms with Crippen molar-refractivity contribution in [1.29, 1.82) is 0 Å². The molecule has 0 saturated heterocycles. The molecule has 0 aliphatic rings. The van der Waals surface area contributed by atoms with Gasteiger partial charge in [0.2, 0.25) is 0 Å². The number of ether oxygens (including phenoxy) is 1. The number of phenolic OH excluding ortho intramolecular Hbond substituents is 1. The molecule has 0 aliphatic heterocycles. The van der Waals surface area contributed by atoms with Crippen molar-refractivity contribution >= 4 is 5.97 Å². The second kappa shape index (κ2) is 13.7. The van der Waals surface area contributed by atoms with Crippen molar-refractivity contribution in [2.45, 2.75) is 91.4 Å². The third-order valence-electron chi connectivity index (χ3n) is 5.12. The summed E-state index contributed by atoms with van der Waals surface area (Å²) in [5, 5.41) is 10.5. The van der Waals surface area contributed by atoms with Crippen molar-refractivity contribution in [3.05, 3.63) is 29.3 Å². The lowest BCUT2D eigenvalue weighted by Crippen LogP contribution is -2.09. The Bertz CT molecular complexity index is 510. The number of para-hydroxylation sites is 1. The number of carbonyl (C=O) groups is 1. The molecule has 0 radical (unpaired) electrons. The first-order chi connectivity index (χ1) is 12.6. The maximum Gasteiger partial charge on any atom is 0.341 e. The first kappa shape index (κ1) is 22.5. The molecule has 148 valence electrons. The summed E-state index contributed by atoms with van der Waals surface area (Å²) in [5.41, 5.74) is 1.17. The Kier molecular flexibility index (Phi) is 11.8. The molecule has 0 heterocycles. The van der Waals surface area contributed by atoms with Gasteiger partial charge in [0.05, 0.1) is 6.61 Å². The molecule has 3 nitrogen and oxygen atoms in total. The second-order valence-corrected chi connectivity index (χ2v) is 7.34. The van der Waals surface area contributed by atoms with Crippen LogP contribution in [0.1, 0.15) is 101 Å². The zero-order chi connectivity index (χ0) is 19.2. The number of hydrogen-bond acceptors (Lipinski definition) is 3. The highest BCUT2D eigenvalue weighted by Crippen LogP contribution is 2.28. The Morgan fingerprint density at radius 3 is 2.38 bits per heavy atom. The standard InChI is InChI=1S/C23H38O3/c1-4-7-9-10-11-12-17-26-23(25)21-16-13-15-20(22(21)24)18-19(6-3)14-8-5-2/h13,15-16,19,24H,4-12,14,17-18H2,1-3H3.